The molecule has 0 heterocycles. The van der Waals surface area contributed by atoms with Crippen LogP contribution in [0.1, 0.15) is 20.8 Å². The molecule has 0 bridgehead atoms. The van der Waals surface area contributed by atoms with E-state index in [1.165, 1.54) is 26.8 Å². The van der Waals surface area contributed by atoms with Crippen molar-refractivity contribution >= 4 is 45.2 Å². The molecule has 1 aromatic rings. The molecule has 1 aromatic carbocycles. The van der Waals surface area contributed by atoms with Gasteiger partial charge in [0.25, 0.3) is 0 Å². The van der Waals surface area contributed by atoms with E-state index in [4.69, 9.17) is 21.1 Å². The lowest BCUT2D eigenvalue weighted by atomic mass is 10.3. The van der Waals surface area contributed by atoms with Gasteiger partial charge in [-0.15, -0.1) is 0 Å². The van der Waals surface area contributed by atoms with Gasteiger partial charge in [-0.1, -0.05) is 11.6 Å². The van der Waals surface area contributed by atoms with Gasteiger partial charge in [-0.3, -0.25) is 4.79 Å². The Labute approximate surface area is 156 Å². The van der Waals surface area contributed by atoms with Gasteiger partial charge in [-0.05, 0) is 32.0 Å². The summed E-state index contributed by atoms with van der Waals surface area (Å²) in [5.41, 5.74) is 0.213. The van der Waals surface area contributed by atoms with Crippen molar-refractivity contribution in [1.29, 1.82) is 0 Å². The third-order valence-electron chi connectivity index (χ3n) is 2.88. The number of benzene rings is 1. The molecule has 26 heavy (non-hydrogen) atoms. The Morgan fingerprint density at radius 3 is 2.08 bits per heavy atom. The number of hydrogen-bond acceptors (Lipinski definition) is 7. The standard InChI is InChI=1S/C15H19ClN2O7S/c1-4-24-14(20)13(15(21)25-5-2)18-26(22,23)10-6-7-12(11(16)8-10)17-9(3)19/h6-8,13,18H,4-5H2,1-3H3,(H,17,19). The van der Waals surface area contributed by atoms with Crippen LogP contribution in [-0.4, -0.2) is 45.5 Å². The maximum atomic E-state index is 12.5. The van der Waals surface area contributed by atoms with Gasteiger partial charge in [0.2, 0.25) is 22.0 Å². The van der Waals surface area contributed by atoms with E-state index in [-0.39, 0.29) is 34.7 Å². The van der Waals surface area contributed by atoms with E-state index < -0.39 is 28.0 Å². The summed E-state index contributed by atoms with van der Waals surface area (Å²) in [5.74, 6) is -2.56. The summed E-state index contributed by atoms with van der Waals surface area (Å²) in [5, 5.41) is 2.39. The molecule has 0 unspecified atom stereocenters. The third-order valence-corrected chi connectivity index (χ3v) is 4.61. The van der Waals surface area contributed by atoms with Crippen molar-refractivity contribution in [2.45, 2.75) is 31.7 Å². The quantitative estimate of drug-likeness (QED) is 0.488. The summed E-state index contributed by atoms with van der Waals surface area (Å²) in [6.07, 6.45) is 0. The molecule has 0 spiro atoms. The Kier molecular flexibility index (Phi) is 8.00. The van der Waals surface area contributed by atoms with Crippen LogP contribution < -0.4 is 10.0 Å². The first-order chi connectivity index (χ1) is 12.1. The number of carbonyl (C=O) groups is 3. The molecule has 0 aliphatic heterocycles. The zero-order valence-electron chi connectivity index (χ0n) is 14.4. The van der Waals surface area contributed by atoms with Crippen LogP contribution in [0.15, 0.2) is 23.1 Å². The molecule has 0 fully saturated rings. The molecule has 0 radical (unpaired) electrons. The zero-order chi connectivity index (χ0) is 19.9. The molecule has 0 aliphatic carbocycles. The maximum Gasteiger partial charge on any atom is 0.335 e. The van der Waals surface area contributed by atoms with E-state index in [0.717, 1.165) is 12.1 Å². The first-order valence-electron chi connectivity index (χ1n) is 7.55. The first kappa shape index (κ1) is 21.9. The number of amides is 1. The number of nitrogens with one attached hydrogen (secondary N) is 2. The number of hydrogen-bond donors (Lipinski definition) is 2. The summed E-state index contributed by atoms with van der Waals surface area (Å²) >= 11 is 5.95. The van der Waals surface area contributed by atoms with Crippen LogP contribution in [0.25, 0.3) is 0 Å². The third kappa shape index (κ3) is 5.97. The minimum Gasteiger partial charge on any atom is -0.464 e. The largest absolute Gasteiger partial charge is 0.464 e. The number of rotatable bonds is 8. The van der Waals surface area contributed by atoms with Gasteiger partial charge < -0.3 is 14.8 Å². The number of sulfonamides is 1. The lowest BCUT2D eigenvalue weighted by molar-refractivity contribution is -0.157. The van der Waals surface area contributed by atoms with E-state index in [1.54, 1.807) is 0 Å². The average molecular weight is 407 g/mol. The number of esters is 2. The van der Waals surface area contributed by atoms with Crippen molar-refractivity contribution in [3.05, 3.63) is 23.2 Å². The predicted molar refractivity (Wildman–Crippen MR) is 93.1 cm³/mol. The highest BCUT2D eigenvalue weighted by atomic mass is 35.5. The predicted octanol–water partition coefficient (Wildman–Crippen LogP) is 1.07. The highest BCUT2D eigenvalue weighted by molar-refractivity contribution is 7.89. The molecule has 0 saturated carbocycles. The summed E-state index contributed by atoms with van der Waals surface area (Å²) in [6.45, 7) is 4.19. The fraction of sp³-hybridized carbons (Fsp3) is 0.400. The Morgan fingerprint density at radius 1 is 1.12 bits per heavy atom. The molecule has 0 aromatic heterocycles. The molecule has 1 amide bonds. The van der Waals surface area contributed by atoms with Crippen molar-refractivity contribution < 1.29 is 32.3 Å². The number of ether oxygens (including phenoxy) is 2. The Balaban J connectivity index is 3.13. The second-order valence-electron chi connectivity index (χ2n) is 4.88. The molecular weight excluding hydrogens is 388 g/mol. The van der Waals surface area contributed by atoms with Gasteiger partial charge in [0, 0.05) is 6.92 Å². The van der Waals surface area contributed by atoms with Crippen LogP contribution in [0.2, 0.25) is 5.02 Å². The molecule has 0 aliphatic rings. The lowest BCUT2D eigenvalue weighted by Gasteiger charge is -2.16. The molecule has 144 valence electrons. The molecule has 0 saturated heterocycles. The fourth-order valence-electron chi connectivity index (χ4n) is 1.82. The highest BCUT2D eigenvalue weighted by Crippen LogP contribution is 2.25. The summed E-state index contributed by atoms with van der Waals surface area (Å²) in [4.78, 5) is 34.5. The van der Waals surface area contributed by atoms with Gasteiger partial charge in [0.1, 0.15) is 0 Å². The number of anilines is 1. The van der Waals surface area contributed by atoms with Crippen molar-refractivity contribution in [1.82, 2.24) is 4.72 Å². The van der Waals surface area contributed by atoms with Crippen LogP contribution in [-0.2, 0) is 33.9 Å². The topological polar surface area (TPSA) is 128 Å². The van der Waals surface area contributed by atoms with Crippen LogP contribution >= 0.6 is 11.6 Å². The number of carbonyl (C=O) groups excluding carboxylic acids is 3. The fourth-order valence-corrected chi connectivity index (χ4v) is 3.27. The van der Waals surface area contributed by atoms with Crippen LogP contribution in [0, 0.1) is 0 Å². The lowest BCUT2D eigenvalue weighted by Crippen LogP contribution is -2.48. The Morgan fingerprint density at radius 2 is 1.65 bits per heavy atom. The zero-order valence-corrected chi connectivity index (χ0v) is 15.9. The van der Waals surface area contributed by atoms with Gasteiger partial charge in [-0.2, -0.15) is 4.72 Å². The van der Waals surface area contributed by atoms with E-state index >= 15 is 0 Å². The first-order valence-corrected chi connectivity index (χ1v) is 9.41. The Hall–Kier alpha value is -2.17. The molecule has 1 rings (SSSR count). The molecule has 11 heteroatoms. The monoisotopic (exact) mass is 406 g/mol. The smallest absolute Gasteiger partial charge is 0.335 e. The van der Waals surface area contributed by atoms with E-state index in [9.17, 15) is 22.8 Å². The summed E-state index contributed by atoms with van der Waals surface area (Å²) < 4.78 is 36.3. The second-order valence-corrected chi connectivity index (χ2v) is 7.00. The molecule has 9 nitrogen and oxygen atoms in total. The van der Waals surface area contributed by atoms with E-state index in [0.29, 0.717) is 0 Å². The normalized spacial score (nSPS) is 11.1. The van der Waals surface area contributed by atoms with E-state index in [2.05, 4.69) is 5.32 Å². The molecule has 0 atom stereocenters. The van der Waals surface area contributed by atoms with Crippen LogP contribution in [0.3, 0.4) is 0 Å². The average Bonchev–Trinajstić information content (AvgIpc) is 2.54. The maximum absolute atomic E-state index is 12.5. The van der Waals surface area contributed by atoms with Gasteiger partial charge >= 0.3 is 11.9 Å². The van der Waals surface area contributed by atoms with Gasteiger partial charge in [0.05, 0.1) is 28.8 Å². The van der Waals surface area contributed by atoms with Crippen molar-refractivity contribution in [2.75, 3.05) is 18.5 Å². The van der Waals surface area contributed by atoms with Gasteiger partial charge in [0.15, 0.2) is 0 Å². The SMILES string of the molecule is CCOC(=O)C(NS(=O)(=O)c1ccc(NC(C)=O)c(Cl)c1)C(=O)OCC. The molecule has 2 N–H and O–H groups in total. The molecular formula is C15H19ClN2O7S. The summed E-state index contributed by atoms with van der Waals surface area (Å²) in [6, 6.07) is 1.66. The minimum absolute atomic E-state index is 0.0353. The second kappa shape index (κ2) is 9.51. The van der Waals surface area contributed by atoms with Crippen LogP contribution in [0.4, 0.5) is 5.69 Å². The van der Waals surface area contributed by atoms with Crippen molar-refractivity contribution in [3.8, 4) is 0 Å². The van der Waals surface area contributed by atoms with E-state index in [1.807, 2.05) is 4.72 Å². The van der Waals surface area contributed by atoms with Crippen LogP contribution in [0.5, 0.6) is 0 Å². The minimum atomic E-state index is -4.30. The van der Waals surface area contributed by atoms with Crippen molar-refractivity contribution in [3.63, 3.8) is 0 Å². The van der Waals surface area contributed by atoms with Gasteiger partial charge in [-0.25, -0.2) is 18.0 Å². The summed E-state index contributed by atoms with van der Waals surface area (Å²) in [7, 11) is -4.30. The van der Waals surface area contributed by atoms with Crippen molar-refractivity contribution in [2.24, 2.45) is 0 Å². The number of halogens is 1. The Bertz CT molecular complexity index is 777. The highest BCUT2D eigenvalue weighted by Gasteiger charge is 2.34.